The summed E-state index contributed by atoms with van der Waals surface area (Å²) in [6, 6.07) is 4.50. The fourth-order valence-corrected chi connectivity index (χ4v) is 1.11. The van der Waals surface area contributed by atoms with E-state index in [1.54, 1.807) is 13.0 Å². The van der Waals surface area contributed by atoms with Crippen LogP contribution in [-0.4, -0.2) is 17.7 Å². The summed E-state index contributed by atoms with van der Waals surface area (Å²) in [4.78, 5) is 11.1. The van der Waals surface area contributed by atoms with E-state index in [9.17, 15) is 9.90 Å². The van der Waals surface area contributed by atoms with Gasteiger partial charge >= 0.3 is 5.97 Å². The van der Waals surface area contributed by atoms with E-state index in [0.717, 1.165) is 0 Å². The molecule has 0 atom stereocenters. The predicted octanol–water partition coefficient (Wildman–Crippen LogP) is 1.50. The number of anilines is 1. The van der Waals surface area contributed by atoms with E-state index in [1.807, 2.05) is 0 Å². The Balaban J connectivity index is 0.00000196. The Bertz CT molecular complexity index is 341. The Labute approximate surface area is 94.5 Å². The molecule has 4 nitrogen and oxygen atoms in total. The maximum atomic E-state index is 11.1. The molecule has 0 spiro atoms. The molecule has 0 saturated carbocycles. The number of phenols is 1. The first-order chi connectivity index (χ1) is 6.63. The van der Waals surface area contributed by atoms with Crippen molar-refractivity contribution in [1.82, 2.24) is 0 Å². The van der Waals surface area contributed by atoms with Crippen LogP contribution in [0.1, 0.15) is 12.5 Å². The van der Waals surface area contributed by atoms with E-state index in [4.69, 9.17) is 10.5 Å². The molecule has 1 aromatic rings. The molecule has 3 N–H and O–H groups in total. The number of nitrogen functional groups attached to an aromatic ring is 1. The van der Waals surface area contributed by atoms with Crippen molar-refractivity contribution in [2.75, 3.05) is 12.3 Å². The smallest absolute Gasteiger partial charge is 0.310 e. The lowest BCUT2D eigenvalue weighted by atomic mass is 10.1. The van der Waals surface area contributed by atoms with Crippen LogP contribution in [0.4, 0.5) is 5.69 Å². The Morgan fingerprint density at radius 1 is 1.53 bits per heavy atom. The third kappa shape index (κ3) is 4.08. The minimum Gasteiger partial charge on any atom is -0.508 e. The molecule has 5 heteroatoms. The lowest BCUT2D eigenvalue weighted by molar-refractivity contribution is -0.142. The van der Waals surface area contributed by atoms with E-state index < -0.39 is 0 Å². The van der Waals surface area contributed by atoms with Crippen molar-refractivity contribution in [1.29, 1.82) is 0 Å². The molecule has 0 saturated heterocycles. The zero-order valence-corrected chi connectivity index (χ0v) is 9.21. The van der Waals surface area contributed by atoms with Crippen molar-refractivity contribution >= 4 is 24.1 Å². The van der Waals surface area contributed by atoms with Gasteiger partial charge in [-0.1, -0.05) is 0 Å². The molecular formula is C10H14ClNO3. The number of halogens is 1. The zero-order valence-electron chi connectivity index (χ0n) is 8.40. The number of aromatic hydroxyl groups is 1. The molecule has 0 aliphatic carbocycles. The van der Waals surface area contributed by atoms with Crippen LogP contribution in [0.15, 0.2) is 18.2 Å². The van der Waals surface area contributed by atoms with Crippen molar-refractivity contribution in [3.8, 4) is 5.75 Å². The predicted molar refractivity (Wildman–Crippen MR) is 60.1 cm³/mol. The fraction of sp³-hybridized carbons (Fsp3) is 0.300. The normalized spacial score (nSPS) is 9.13. The third-order valence-corrected chi connectivity index (χ3v) is 1.77. The number of ether oxygens (including phenoxy) is 1. The summed E-state index contributed by atoms with van der Waals surface area (Å²) >= 11 is 0. The van der Waals surface area contributed by atoms with Crippen LogP contribution in [0.5, 0.6) is 5.75 Å². The first-order valence-corrected chi connectivity index (χ1v) is 4.36. The van der Waals surface area contributed by atoms with Crippen molar-refractivity contribution in [3.05, 3.63) is 23.8 Å². The van der Waals surface area contributed by atoms with E-state index >= 15 is 0 Å². The highest BCUT2D eigenvalue weighted by atomic mass is 35.5. The van der Waals surface area contributed by atoms with Gasteiger partial charge in [0.2, 0.25) is 0 Å². The summed E-state index contributed by atoms with van der Waals surface area (Å²) in [5.41, 5.74) is 6.68. The maximum absolute atomic E-state index is 11.1. The number of carbonyl (C=O) groups excluding carboxylic acids is 1. The van der Waals surface area contributed by atoms with Crippen LogP contribution in [0.3, 0.4) is 0 Å². The molecule has 0 aromatic heterocycles. The highest BCUT2D eigenvalue weighted by molar-refractivity contribution is 5.85. The maximum Gasteiger partial charge on any atom is 0.310 e. The zero-order chi connectivity index (χ0) is 10.6. The summed E-state index contributed by atoms with van der Waals surface area (Å²) in [6.07, 6.45) is 0.0913. The van der Waals surface area contributed by atoms with Crippen LogP contribution < -0.4 is 5.73 Å². The third-order valence-electron chi connectivity index (χ3n) is 1.77. The van der Waals surface area contributed by atoms with Crippen molar-refractivity contribution in [2.45, 2.75) is 13.3 Å². The van der Waals surface area contributed by atoms with Crippen molar-refractivity contribution in [2.24, 2.45) is 0 Å². The molecule has 0 aliphatic heterocycles. The number of nitrogens with two attached hydrogens (primary N) is 1. The monoisotopic (exact) mass is 231 g/mol. The molecule has 0 aliphatic rings. The van der Waals surface area contributed by atoms with Gasteiger partial charge < -0.3 is 15.6 Å². The van der Waals surface area contributed by atoms with Gasteiger partial charge in [0, 0.05) is 5.69 Å². The van der Waals surface area contributed by atoms with Gasteiger partial charge in [0.1, 0.15) is 5.75 Å². The Kier molecular flexibility index (Phi) is 5.56. The number of rotatable bonds is 3. The number of hydrogen-bond acceptors (Lipinski definition) is 4. The molecule has 0 bridgehead atoms. The lowest BCUT2D eigenvalue weighted by Gasteiger charge is -2.05. The molecule has 0 radical (unpaired) electrons. The lowest BCUT2D eigenvalue weighted by Crippen LogP contribution is -2.08. The SMILES string of the molecule is CCOC(=O)Cc1cc(O)ccc1N.Cl. The molecule has 1 aromatic carbocycles. The second kappa shape index (κ2) is 6.14. The number of carbonyl (C=O) groups is 1. The van der Waals surface area contributed by atoms with Crippen LogP contribution in [-0.2, 0) is 16.0 Å². The molecule has 15 heavy (non-hydrogen) atoms. The molecule has 1 rings (SSSR count). The Morgan fingerprint density at radius 3 is 2.80 bits per heavy atom. The number of benzene rings is 1. The van der Waals surface area contributed by atoms with E-state index in [-0.39, 0.29) is 30.5 Å². The average molecular weight is 232 g/mol. The standard InChI is InChI=1S/C10H13NO3.ClH/c1-2-14-10(13)6-7-5-8(12)3-4-9(7)11;/h3-5,12H,2,6,11H2,1H3;1H. The van der Waals surface area contributed by atoms with Gasteiger partial charge in [-0.15, -0.1) is 12.4 Å². The highest BCUT2D eigenvalue weighted by Crippen LogP contribution is 2.19. The first kappa shape index (κ1) is 13.6. The molecule has 84 valence electrons. The van der Waals surface area contributed by atoms with E-state index in [1.165, 1.54) is 12.1 Å². The second-order valence-corrected chi connectivity index (χ2v) is 2.86. The van der Waals surface area contributed by atoms with E-state index in [2.05, 4.69) is 0 Å². The first-order valence-electron chi connectivity index (χ1n) is 4.36. The quantitative estimate of drug-likeness (QED) is 0.470. The highest BCUT2D eigenvalue weighted by Gasteiger charge is 2.07. The minimum absolute atomic E-state index is 0. The fourth-order valence-electron chi connectivity index (χ4n) is 1.11. The number of esters is 1. The molecule has 0 fully saturated rings. The van der Waals surface area contributed by atoms with Crippen LogP contribution in [0.2, 0.25) is 0 Å². The summed E-state index contributed by atoms with van der Waals surface area (Å²) < 4.78 is 4.76. The summed E-state index contributed by atoms with van der Waals surface area (Å²) in [5, 5.41) is 9.17. The summed E-state index contributed by atoms with van der Waals surface area (Å²) in [5.74, 6) is -0.247. The number of hydrogen-bond donors (Lipinski definition) is 2. The number of phenolic OH excluding ortho intramolecular Hbond substituents is 1. The van der Waals surface area contributed by atoms with Gasteiger partial charge in [-0.3, -0.25) is 4.79 Å². The van der Waals surface area contributed by atoms with Gasteiger partial charge in [0.15, 0.2) is 0 Å². The second-order valence-electron chi connectivity index (χ2n) is 2.86. The van der Waals surface area contributed by atoms with Gasteiger partial charge in [-0.2, -0.15) is 0 Å². The van der Waals surface area contributed by atoms with Gasteiger partial charge in [-0.05, 0) is 30.7 Å². The van der Waals surface area contributed by atoms with Gasteiger partial charge in [-0.25, -0.2) is 0 Å². The van der Waals surface area contributed by atoms with Crippen LogP contribution in [0.25, 0.3) is 0 Å². The van der Waals surface area contributed by atoms with Crippen LogP contribution >= 0.6 is 12.4 Å². The van der Waals surface area contributed by atoms with Crippen molar-refractivity contribution < 1.29 is 14.6 Å². The minimum atomic E-state index is -0.343. The van der Waals surface area contributed by atoms with Gasteiger partial charge in [0.25, 0.3) is 0 Å². The van der Waals surface area contributed by atoms with Crippen molar-refractivity contribution in [3.63, 3.8) is 0 Å². The largest absolute Gasteiger partial charge is 0.508 e. The Morgan fingerprint density at radius 2 is 2.20 bits per heavy atom. The molecular weight excluding hydrogens is 218 g/mol. The Hall–Kier alpha value is -1.42. The van der Waals surface area contributed by atoms with E-state index in [0.29, 0.717) is 17.9 Å². The molecule has 0 unspecified atom stereocenters. The van der Waals surface area contributed by atoms with Gasteiger partial charge in [0.05, 0.1) is 13.0 Å². The average Bonchev–Trinajstić information content (AvgIpc) is 2.12. The topological polar surface area (TPSA) is 72.5 Å². The summed E-state index contributed by atoms with van der Waals surface area (Å²) in [6.45, 7) is 2.08. The van der Waals surface area contributed by atoms with Crippen LogP contribution in [0, 0.1) is 0 Å². The molecule has 0 heterocycles. The summed E-state index contributed by atoms with van der Waals surface area (Å²) in [7, 11) is 0. The molecule has 0 amide bonds.